The van der Waals surface area contributed by atoms with E-state index in [2.05, 4.69) is 15.9 Å². The summed E-state index contributed by atoms with van der Waals surface area (Å²) in [7, 11) is 0. The van der Waals surface area contributed by atoms with Crippen LogP contribution in [0.3, 0.4) is 0 Å². The van der Waals surface area contributed by atoms with E-state index in [1.165, 1.54) is 0 Å². The van der Waals surface area contributed by atoms with Crippen molar-refractivity contribution in [1.29, 1.82) is 0 Å². The van der Waals surface area contributed by atoms with E-state index in [1.54, 1.807) is 0 Å². The average molecular weight is 267 g/mol. The van der Waals surface area contributed by atoms with Crippen LogP contribution in [0.5, 0.6) is 0 Å². The van der Waals surface area contributed by atoms with Crippen molar-refractivity contribution < 1.29 is 9.85 Å². The monoisotopic (exact) mass is 266 g/mol. The van der Waals surface area contributed by atoms with Crippen LogP contribution in [-0.2, 0) is 0 Å². The van der Waals surface area contributed by atoms with Crippen LogP contribution in [0.25, 0.3) is 0 Å². The molecule has 0 saturated heterocycles. The summed E-state index contributed by atoms with van der Waals surface area (Å²) in [5.74, 6) is -0.478. The fourth-order valence-corrected chi connectivity index (χ4v) is 2.70. The minimum Gasteiger partial charge on any atom is -0.259 e. The van der Waals surface area contributed by atoms with Gasteiger partial charge in [-0.05, 0) is 12.8 Å². The van der Waals surface area contributed by atoms with Gasteiger partial charge >= 0.3 is 6.17 Å². The van der Waals surface area contributed by atoms with Gasteiger partial charge < -0.3 is 0 Å². The van der Waals surface area contributed by atoms with Gasteiger partial charge in [0.1, 0.15) is 5.92 Å². The van der Waals surface area contributed by atoms with Crippen molar-refractivity contribution in [3.8, 4) is 0 Å². The average Bonchev–Trinajstić information content (AvgIpc) is 2.07. The van der Waals surface area contributed by atoms with Crippen molar-refractivity contribution >= 4 is 15.9 Å². The van der Waals surface area contributed by atoms with Gasteiger partial charge in [0, 0.05) is 4.83 Å². The summed E-state index contributed by atoms with van der Waals surface area (Å²) < 4.78 is 0. The molecule has 7 heteroatoms. The Bertz CT molecular complexity index is 234. The number of nitro groups is 2. The molecule has 0 radical (unpaired) electrons. The van der Waals surface area contributed by atoms with E-state index in [4.69, 9.17) is 0 Å². The van der Waals surface area contributed by atoms with Gasteiger partial charge in [-0.3, -0.25) is 20.2 Å². The molecule has 1 saturated carbocycles. The number of halogens is 1. The van der Waals surface area contributed by atoms with Crippen LogP contribution in [-0.4, -0.2) is 20.8 Å². The first-order chi connectivity index (χ1) is 6.54. The van der Waals surface area contributed by atoms with Crippen molar-refractivity contribution in [2.45, 2.75) is 36.7 Å². The van der Waals surface area contributed by atoms with Gasteiger partial charge in [-0.25, -0.2) is 0 Å². The SMILES string of the molecule is O=[N+]([O-])C(C1CCCCC1Br)[N+](=O)[O-]. The zero-order chi connectivity index (χ0) is 10.7. The molecule has 1 fully saturated rings. The molecule has 0 aromatic rings. The lowest BCUT2D eigenvalue weighted by molar-refractivity contribution is -0.751. The van der Waals surface area contributed by atoms with Crippen LogP contribution in [0.2, 0.25) is 0 Å². The second-order valence-electron chi connectivity index (χ2n) is 3.45. The summed E-state index contributed by atoms with van der Waals surface area (Å²) in [5, 5.41) is 21.1. The van der Waals surface area contributed by atoms with Crippen LogP contribution in [0.15, 0.2) is 0 Å². The van der Waals surface area contributed by atoms with Gasteiger partial charge in [0.25, 0.3) is 0 Å². The summed E-state index contributed by atoms with van der Waals surface area (Å²) in [6.07, 6.45) is 1.50. The highest BCUT2D eigenvalue weighted by Crippen LogP contribution is 2.33. The van der Waals surface area contributed by atoms with Gasteiger partial charge in [-0.2, -0.15) is 0 Å². The minimum absolute atomic E-state index is 0.1000. The number of nitrogens with zero attached hydrogens (tertiary/aromatic N) is 2. The largest absolute Gasteiger partial charge is 0.454 e. The van der Waals surface area contributed by atoms with Gasteiger partial charge in [0.15, 0.2) is 0 Å². The molecular weight excluding hydrogens is 256 g/mol. The molecule has 0 heterocycles. The van der Waals surface area contributed by atoms with Crippen molar-refractivity contribution in [3.63, 3.8) is 0 Å². The molecule has 0 aromatic carbocycles. The molecule has 80 valence electrons. The third kappa shape index (κ3) is 2.40. The Labute approximate surface area is 89.1 Å². The lowest BCUT2D eigenvalue weighted by Crippen LogP contribution is -2.42. The van der Waals surface area contributed by atoms with Crippen LogP contribution in [0, 0.1) is 26.1 Å². The lowest BCUT2D eigenvalue weighted by atomic mass is 9.87. The zero-order valence-electron chi connectivity index (χ0n) is 7.47. The molecule has 0 aliphatic heterocycles. The Morgan fingerprint density at radius 3 is 2.07 bits per heavy atom. The molecule has 1 aliphatic rings. The Kier molecular flexibility index (Phi) is 3.79. The third-order valence-corrected chi connectivity index (χ3v) is 3.68. The minimum atomic E-state index is -1.65. The highest BCUT2D eigenvalue weighted by Gasteiger charge is 2.46. The first kappa shape index (κ1) is 11.4. The van der Waals surface area contributed by atoms with E-state index in [0.717, 1.165) is 19.3 Å². The maximum atomic E-state index is 10.5. The molecule has 0 amide bonds. The predicted octanol–water partition coefficient (Wildman–Crippen LogP) is 1.82. The highest BCUT2D eigenvalue weighted by atomic mass is 79.9. The van der Waals surface area contributed by atoms with Crippen molar-refractivity contribution in [2.75, 3.05) is 0 Å². The Morgan fingerprint density at radius 2 is 1.64 bits per heavy atom. The molecule has 1 aliphatic carbocycles. The first-order valence-electron chi connectivity index (χ1n) is 4.45. The van der Waals surface area contributed by atoms with Crippen LogP contribution < -0.4 is 0 Å². The molecular formula is C7H11BrN2O4. The summed E-state index contributed by atoms with van der Waals surface area (Å²) >= 11 is 3.28. The zero-order valence-corrected chi connectivity index (χ0v) is 9.05. The van der Waals surface area contributed by atoms with Gasteiger partial charge in [-0.1, -0.05) is 28.8 Å². The number of alkyl halides is 1. The van der Waals surface area contributed by atoms with Crippen LogP contribution >= 0.6 is 15.9 Å². The van der Waals surface area contributed by atoms with Gasteiger partial charge in [-0.15, -0.1) is 0 Å². The molecule has 0 bridgehead atoms. The normalized spacial score (nSPS) is 27.6. The van der Waals surface area contributed by atoms with Gasteiger partial charge in [0.2, 0.25) is 0 Å². The Balaban J connectivity index is 2.75. The van der Waals surface area contributed by atoms with E-state index in [9.17, 15) is 20.2 Å². The lowest BCUT2D eigenvalue weighted by Gasteiger charge is -2.24. The standard InChI is InChI=1S/C7H11BrN2O4/c8-6-4-2-1-3-5(6)7(9(11)12)10(13)14/h5-7H,1-4H2. The summed E-state index contributed by atoms with van der Waals surface area (Å²) in [6.45, 7) is 0. The molecule has 2 unspecified atom stereocenters. The molecule has 0 N–H and O–H groups in total. The van der Waals surface area contributed by atoms with Crippen LogP contribution in [0.1, 0.15) is 25.7 Å². The summed E-state index contributed by atoms with van der Waals surface area (Å²) in [6, 6.07) is 0. The van der Waals surface area contributed by atoms with Crippen molar-refractivity contribution in [2.24, 2.45) is 5.92 Å². The molecule has 0 spiro atoms. The smallest absolute Gasteiger partial charge is 0.259 e. The molecule has 14 heavy (non-hydrogen) atoms. The topological polar surface area (TPSA) is 86.3 Å². The maximum Gasteiger partial charge on any atom is 0.454 e. The number of rotatable bonds is 3. The third-order valence-electron chi connectivity index (χ3n) is 2.55. The van der Waals surface area contributed by atoms with Crippen molar-refractivity contribution in [3.05, 3.63) is 20.2 Å². The fourth-order valence-electron chi connectivity index (χ4n) is 1.84. The molecule has 1 rings (SSSR count). The second kappa shape index (κ2) is 4.68. The predicted molar refractivity (Wildman–Crippen MR) is 52.4 cm³/mol. The van der Waals surface area contributed by atoms with Gasteiger partial charge in [0.05, 0.1) is 9.85 Å². The summed E-state index contributed by atoms with van der Waals surface area (Å²) in [4.78, 5) is 19.4. The number of hydrogen-bond donors (Lipinski definition) is 0. The van der Waals surface area contributed by atoms with Crippen molar-refractivity contribution in [1.82, 2.24) is 0 Å². The van der Waals surface area contributed by atoms with E-state index in [1.807, 2.05) is 0 Å². The van der Waals surface area contributed by atoms with Crippen LogP contribution in [0.4, 0.5) is 0 Å². The Morgan fingerprint density at radius 1 is 1.14 bits per heavy atom. The second-order valence-corrected chi connectivity index (χ2v) is 4.62. The molecule has 0 aromatic heterocycles. The van der Waals surface area contributed by atoms with E-state index < -0.39 is 21.9 Å². The molecule has 2 atom stereocenters. The fraction of sp³-hybridized carbons (Fsp3) is 1.00. The number of hydrogen-bond acceptors (Lipinski definition) is 4. The summed E-state index contributed by atoms with van der Waals surface area (Å²) in [5.41, 5.74) is 0. The van der Waals surface area contributed by atoms with E-state index in [0.29, 0.717) is 6.42 Å². The maximum absolute atomic E-state index is 10.5. The first-order valence-corrected chi connectivity index (χ1v) is 5.36. The quantitative estimate of drug-likeness (QED) is 0.338. The Hall–Kier alpha value is -0.720. The van der Waals surface area contributed by atoms with E-state index in [-0.39, 0.29) is 4.83 Å². The molecule has 6 nitrogen and oxygen atoms in total. The highest BCUT2D eigenvalue weighted by molar-refractivity contribution is 9.09. The van der Waals surface area contributed by atoms with E-state index >= 15 is 0 Å².